The Balaban J connectivity index is 1.28. The molecule has 1 fully saturated rings. The Morgan fingerprint density at radius 3 is 2.10 bits per heavy atom. The average Bonchev–Trinajstić information content (AvgIpc) is 3.03. The zero-order chi connectivity index (χ0) is 34.5. The van der Waals surface area contributed by atoms with E-state index in [1.165, 1.54) is 56.1 Å². The molecule has 3 aromatic rings. The molecule has 3 aromatic carbocycles. The Hall–Kier alpha value is -2.89. The first-order valence-electron chi connectivity index (χ1n) is 18.7. The van der Waals surface area contributed by atoms with E-state index in [0.29, 0.717) is 12.5 Å². The van der Waals surface area contributed by atoms with Crippen LogP contribution in [0.5, 0.6) is 11.5 Å². The topological polar surface area (TPSA) is 47.6 Å². The van der Waals surface area contributed by atoms with Gasteiger partial charge in [-0.2, -0.15) is 0 Å². The molecular weight excluding hydrogens is 607 g/mol. The predicted molar refractivity (Wildman–Crippen MR) is 204 cm³/mol. The maximum atomic E-state index is 13.8. The minimum absolute atomic E-state index is 0.0275. The number of para-hydroxylation sites is 2. The molecule has 0 spiro atoms. The molecule has 0 saturated heterocycles. The quantitative estimate of drug-likeness (QED) is 0.196. The van der Waals surface area contributed by atoms with Crippen LogP contribution in [0, 0.1) is 5.92 Å². The lowest BCUT2D eigenvalue weighted by atomic mass is 9.84. The van der Waals surface area contributed by atoms with Gasteiger partial charge in [-0.05, 0) is 90.9 Å². The lowest BCUT2D eigenvalue weighted by molar-refractivity contribution is -0.116. The van der Waals surface area contributed by atoms with Gasteiger partial charge in [-0.25, -0.2) is 0 Å². The van der Waals surface area contributed by atoms with E-state index in [2.05, 4.69) is 90.3 Å². The van der Waals surface area contributed by atoms with Gasteiger partial charge in [-0.1, -0.05) is 122 Å². The van der Waals surface area contributed by atoms with Crippen molar-refractivity contribution in [3.63, 3.8) is 0 Å². The summed E-state index contributed by atoms with van der Waals surface area (Å²) in [5.41, 5.74) is 5.41. The summed E-state index contributed by atoms with van der Waals surface area (Å²) in [4.78, 5) is 13.8. The fourth-order valence-corrected chi connectivity index (χ4v) is 8.83. The van der Waals surface area contributed by atoms with Crippen molar-refractivity contribution in [2.45, 2.75) is 148 Å². The summed E-state index contributed by atoms with van der Waals surface area (Å²) in [6.07, 6.45) is 13.3. The van der Waals surface area contributed by atoms with Gasteiger partial charge in [0.1, 0.15) is 11.5 Å². The van der Waals surface area contributed by atoms with E-state index in [-0.39, 0.29) is 22.3 Å². The maximum Gasteiger partial charge on any atom is 0.225 e. The van der Waals surface area contributed by atoms with Gasteiger partial charge in [0.25, 0.3) is 0 Å². The van der Waals surface area contributed by atoms with Gasteiger partial charge in [0.15, 0.2) is 8.32 Å². The molecule has 1 atom stereocenters. The van der Waals surface area contributed by atoms with Gasteiger partial charge in [-0.3, -0.25) is 4.79 Å². The van der Waals surface area contributed by atoms with Gasteiger partial charge in [0.2, 0.25) is 5.91 Å². The second-order valence-corrected chi connectivity index (χ2v) is 21.8. The van der Waals surface area contributed by atoms with E-state index in [9.17, 15) is 4.79 Å². The molecule has 1 unspecified atom stereocenters. The normalized spacial score (nSPS) is 16.5. The Bertz CT molecular complexity index is 1480. The van der Waals surface area contributed by atoms with Crippen molar-refractivity contribution in [1.29, 1.82) is 0 Å². The zero-order valence-electron chi connectivity index (χ0n) is 31.1. The Kier molecular flexibility index (Phi) is 11.6. The second-order valence-electron chi connectivity index (χ2n) is 17.1. The van der Waals surface area contributed by atoms with Crippen molar-refractivity contribution >= 4 is 19.9 Å². The third-order valence-corrected chi connectivity index (χ3v) is 15.8. The standard InChI is InChI=1S/C43H61NO3Si/c1-42(2,3)37-28-26-32(19-16-20-33(47-48(7,8)43(4,5)6)27-25-31-17-10-9-11-18-31)29-38(37)44-41(45)30-36-34-21-12-14-23-39(34)46-40-24-15-13-22-35(36)40/h12-15,21-24,26,28-29,31,33,36H,9-11,16-20,25,27,30H2,1-8H3,(H,44,45). The van der Waals surface area contributed by atoms with Crippen LogP contribution in [0.15, 0.2) is 66.7 Å². The van der Waals surface area contributed by atoms with Crippen molar-refractivity contribution < 1.29 is 14.0 Å². The fourth-order valence-electron chi connectivity index (χ4n) is 7.41. The summed E-state index contributed by atoms with van der Waals surface area (Å²) in [5.74, 6) is 2.52. The molecule has 1 aliphatic carbocycles. The molecule has 1 amide bonds. The Morgan fingerprint density at radius 2 is 1.50 bits per heavy atom. The van der Waals surface area contributed by atoms with Crippen LogP contribution >= 0.6 is 0 Å². The second kappa shape index (κ2) is 15.3. The van der Waals surface area contributed by atoms with Gasteiger partial charge in [0.05, 0.1) is 0 Å². The number of aryl methyl sites for hydroxylation is 1. The number of anilines is 1. The number of rotatable bonds is 12. The molecule has 0 aromatic heterocycles. The number of fused-ring (bicyclic) bond motifs is 2. The molecule has 1 heterocycles. The molecule has 1 N–H and O–H groups in total. The van der Waals surface area contributed by atoms with Gasteiger partial charge in [-0.15, -0.1) is 0 Å². The first kappa shape index (κ1) is 36.4. The summed E-state index contributed by atoms with van der Waals surface area (Å²) in [7, 11) is -1.86. The highest BCUT2D eigenvalue weighted by atomic mass is 28.4. The Morgan fingerprint density at radius 1 is 0.875 bits per heavy atom. The van der Waals surface area contributed by atoms with Crippen LogP contribution in [0.2, 0.25) is 18.1 Å². The van der Waals surface area contributed by atoms with Gasteiger partial charge < -0.3 is 14.5 Å². The van der Waals surface area contributed by atoms with Crippen molar-refractivity contribution in [1.82, 2.24) is 0 Å². The van der Waals surface area contributed by atoms with Crippen LogP contribution in [0.4, 0.5) is 5.69 Å². The van der Waals surface area contributed by atoms with E-state index >= 15 is 0 Å². The third kappa shape index (κ3) is 9.21. The third-order valence-electron chi connectivity index (χ3n) is 11.2. The summed E-state index contributed by atoms with van der Waals surface area (Å²) in [5, 5.41) is 3.58. The van der Waals surface area contributed by atoms with Crippen LogP contribution in [0.25, 0.3) is 0 Å². The molecule has 5 rings (SSSR count). The SMILES string of the molecule is CC(C)(C)c1ccc(CCCC(CCC2CCCCC2)O[Si](C)(C)C(C)(C)C)cc1NC(=O)CC1c2ccccc2Oc2ccccc21. The molecular formula is C43H61NO3Si. The molecule has 1 saturated carbocycles. The Labute approximate surface area is 292 Å². The van der Waals surface area contributed by atoms with Crippen molar-refractivity contribution in [2.24, 2.45) is 5.92 Å². The monoisotopic (exact) mass is 667 g/mol. The van der Waals surface area contributed by atoms with Crippen LogP contribution in [0.3, 0.4) is 0 Å². The molecule has 5 heteroatoms. The highest BCUT2D eigenvalue weighted by Gasteiger charge is 2.39. The lowest BCUT2D eigenvalue weighted by Gasteiger charge is -2.40. The number of amides is 1. The minimum atomic E-state index is -1.86. The smallest absolute Gasteiger partial charge is 0.225 e. The van der Waals surface area contributed by atoms with Crippen molar-refractivity contribution in [2.75, 3.05) is 5.32 Å². The van der Waals surface area contributed by atoms with E-state index in [4.69, 9.17) is 9.16 Å². The lowest BCUT2D eigenvalue weighted by Crippen LogP contribution is -2.44. The largest absolute Gasteiger partial charge is 0.457 e. The molecule has 4 nitrogen and oxygen atoms in total. The number of nitrogens with one attached hydrogen (secondary N) is 1. The molecule has 0 bridgehead atoms. The summed E-state index contributed by atoms with van der Waals surface area (Å²) in [6.45, 7) is 18.5. The van der Waals surface area contributed by atoms with Crippen molar-refractivity contribution in [3.8, 4) is 11.5 Å². The predicted octanol–water partition coefficient (Wildman–Crippen LogP) is 12.3. The molecule has 260 valence electrons. The average molecular weight is 668 g/mol. The number of carbonyl (C=O) groups is 1. The van der Waals surface area contributed by atoms with Crippen LogP contribution in [-0.2, 0) is 21.1 Å². The number of carbonyl (C=O) groups excluding carboxylic acids is 1. The summed E-state index contributed by atoms with van der Waals surface area (Å²) >= 11 is 0. The van der Waals surface area contributed by atoms with Crippen LogP contribution < -0.4 is 10.1 Å². The van der Waals surface area contributed by atoms with E-state index in [1.54, 1.807) is 0 Å². The van der Waals surface area contributed by atoms with Gasteiger partial charge >= 0.3 is 0 Å². The molecule has 0 radical (unpaired) electrons. The highest BCUT2D eigenvalue weighted by molar-refractivity contribution is 6.74. The van der Waals surface area contributed by atoms with Gasteiger partial charge in [0, 0.05) is 35.3 Å². The number of ether oxygens (including phenoxy) is 1. The van der Waals surface area contributed by atoms with E-state index in [0.717, 1.165) is 53.5 Å². The van der Waals surface area contributed by atoms with E-state index < -0.39 is 8.32 Å². The maximum absolute atomic E-state index is 13.8. The highest BCUT2D eigenvalue weighted by Crippen LogP contribution is 2.46. The minimum Gasteiger partial charge on any atom is -0.457 e. The number of hydrogen-bond acceptors (Lipinski definition) is 3. The van der Waals surface area contributed by atoms with Crippen LogP contribution in [0.1, 0.15) is 134 Å². The van der Waals surface area contributed by atoms with E-state index in [1.807, 2.05) is 36.4 Å². The molecule has 1 aliphatic heterocycles. The zero-order valence-corrected chi connectivity index (χ0v) is 32.1. The first-order chi connectivity index (χ1) is 22.7. The molecule has 48 heavy (non-hydrogen) atoms. The molecule has 2 aliphatic rings. The fraction of sp³-hybridized carbons (Fsp3) is 0.558. The number of hydrogen-bond donors (Lipinski definition) is 1. The van der Waals surface area contributed by atoms with Crippen LogP contribution in [-0.4, -0.2) is 20.3 Å². The summed E-state index contributed by atoms with van der Waals surface area (Å²) in [6, 6.07) is 22.9. The summed E-state index contributed by atoms with van der Waals surface area (Å²) < 4.78 is 13.3. The first-order valence-corrected chi connectivity index (χ1v) is 21.6. The van der Waals surface area contributed by atoms with Crippen molar-refractivity contribution in [3.05, 3.63) is 89.0 Å². The number of benzene rings is 3.